The van der Waals surface area contributed by atoms with E-state index in [0.29, 0.717) is 38.9 Å². The van der Waals surface area contributed by atoms with Gasteiger partial charge >= 0.3 is 5.97 Å². The minimum atomic E-state index is -1.16. The highest BCUT2D eigenvalue weighted by atomic mass is 16.5. The van der Waals surface area contributed by atoms with Gasteiger partial charge in [-0.3, -0.25) is 19.4 Å². The van der Waals surface area contributed by atoms with Crippen LogP contribution in [0.3, 0.4) is 0 Å². The molecule has 0 bridgehead atoms. The first-order chi connectivity index (χ1) is 18.3. The molecule has 9 nitrogen and oxygen atoms in total. The van der Waals surface area contributed by atoms with Crippen LogP contribution in [0.2, 0.25) is 0 Å². The van der Waals surface area contributed by atoms with Crippen molar-refractivity contribution in [2.45, 2.75) is 57.3 Å². The van der Waals surface area contributed by atoms with E-state index in [9.17, 15) is 19.8 Å². The van der Waals surface area contributed by atoms with Crippen molar-refractivity contribution >= 4 is 11.9 Å². The van der Waals surface area contributed by atoms with Crippen molar-refractivity contribution in [2.75, 3.05) is 72.6 Å². The number of likely N-dealkylation sites (N-methyl/N-ethyl adjacent to an activating group) is 1. The zero-order valence-electron chi connectivity index (χ0n) is 23.0. The molecule has 0 aromatic heterocycles. The summed E-state index contributed by atoms with van der Waals surface area (Å²) in [6.45, 7) is 7.30. The van der Waals surface area contributed by atoms with Gasteiger partial charge < -0.3 is 24.7 Å². The lowest BCUT2D eigenvalue weighted by molar-refractivity contribution is -0.165. The monoisotopic (exact) mass is 530 g/mol. The first kappa shape index (κ1) is 29.0. The lowest BCUT2D eigenvalue weighted by Gasteiger charge is -2.40. The lowest BCUT2D eigenvalue weighted by atomic mass is 9.74. The zero-order chi connectivity index (χ0) is 27.0. The van der Waals surface area contributed by atoms with Crippen molar-refractivity contribution in [3.8, 4) is 0 Å². The second-order valence-electron chi connectivity index (χ2n) is 11.5. The van der Waals surface area contributed by atoms with Crippen molar-refractivity contribution in [3.05, 3.63) is 35.9 Å². The Labute approximate surface area is 227 Å². The maximum atomic E-state index is 13.3. The third-order valence-corrected chi connectivity index (χ3v) is 8.66. The number of piperazine rings is 1. The Morgan fingerprint density at radius 1 is 0.895 bits per heavy atom. The molecule has 38 heavy (non-hydrogen) atoms. The molecule has 2 atom stereocenters. The third kappa shape index (κ3) is 7.99. The molecule has 1 aromatic rings. The van der Waals surface area contributed by atoms with Gasteiger partial charge in [-0.1, -0.05) is 36.8 Å². The first-order valence-corrected chi connectivity index (χ1v) is 14.3. The van der Waals surface area contributed by atoms with Crippen molar-refractivity contribution < 1.29 is 24.5 Å². The summed E-state index contributed by atoms with van der Waals surface area (Å²) in [6.07, 6.45) is 1.81. The van der Waals surface area contributed by atoms with Gasteiger partial charge in [0.1, 0.15) is 12.7 Å². The van der Waals surface area contributed by atoms with Crippen molar-refractivity contribution in [2.24, 2.45) is 5.41 Å². The van der Waals surface area contributed by atoms with E-state index in [2.05, 4.69) is 33.9 Å². The fourth-order valence-electron chi connectivity index (χ4n) is 5.87. The summed E-state index contributed by atoms with van der Waals surface area (Å²) in [5, 5.41) is 21.0. The topological polar surface area (TPSA) is 96.8 Å². The summed E-state index contributed by atoms with van der Waals surface area (Å²) in [5.41, 5.74) is 0.681. The van der Waals surface area contributed by atoms with Crippen molar-refractivity contribution in [3.63, 3.8) is 0 Å². The molecule has 0 aliphatic carbocycles. The smallest absolute Gasteiger partial charge is 0.312 e. The number of benzene rings is 1. The van der Waals surface area contributed by atoms with Gasteiger partial charge in [-0.05, 0) is 57.8 Å². The Balaban J connectivity index is 1.37. The van der Waals surface area contributed by atoms with Crippen LogP contribution >= 0.6 is 0 Å². The minimum absolute atomic E-state index is 0.0716. The Morgan fingerprint density at radius 2 is 1.61 bits per heavy atom. The lowest BCUT2D eigenvalue weighted by Crippen LogP contribution is -2.49. The Bertz CT molecular complexity index is 884. The number of hydrogen-bond donors (Lipinski definition) is 2. The van der Waals surface area contributed by atoms with Crippen LogP contribution in [0.1, 0.15) is 44.1 Å². The van der Waals surface area contributed by atoms with Crippen molar-refractivity contribution in [1.82, 2.24) is 19.6 Å². The molecule has 0 radical (unpaired) electrons. The van der Waals surface area contributed by atoms with Gasteiger partial charge in [0.2, 0.25) is 5.91 Å². The summed E-state index contributed by atoms with van der Waals surface area (Å²) in [7, 11) is 2.10. The molecule has 3 fully saturated rings. The highest BCUT2D eigenvalue weighted by Gasteiger charge is 2.42. The van der Waals surface area contributed by atoms with Gasteiger partial charge in [0.25, 0.3) is 0 Å². The standard InChI is InChI=1S/C29H46N4O5/c1-30-17-19-32(20-18-30)22-27(36)33-13-6-5-10-29(28(37)38-23-26(35)25(34)9-14-33)11-15-31(16-12-29)21-24-7-3-2-4-8-24/h2-4,7-8,25-26,34-35H,5-6,9-23H2,1H3/t25-,26+/m0/s1. The number of amides is 1. The zero-order valence-corrected chi connectivity index (χ0v) is 23.0. The van der Waals surface area contributed by atoms with Gasteiger partial charge in [0.05, 0.1) is 18.1 Å². The fourth-order valence-corrected chi connectivity index (χ4v) is 5.87. The van der Waals surface area contributed by atoms with Crippen LogP contribution in [0.5, 0.6) is 0 Å². The van der Waals surface area contributed by atoms with E-state index in [1.54, 1.807) is 0 Å². The van der Waals surface area contributed by atoms with Crippen LogP contribution < -0.4 is 0 Å². The highest BCUT2D eigenvalue weighted by molar-refractivity contribution is 5.78. The average Bonchev–Trinajstić information content (AvgIpc) is 2.94. The molecular weight excluding hydrogens is 484 g/mol. The number of nitrogens with zero attached hydrogens (tertiary/aromatic N) is 4. The minimum Gasteiger partial charge on any atom is -0.462 e. The predicted octanol–water partition coefficient (Wildman–Crippen LogP) is 1.18. The molecule has 3 aliphatic rings. The number of cyclic esters (lactones) is 1. The van der Waals surface area contributed by atoms with Gasteiger partial charge in [0, 0.05) is 45.8 Å². The van der Waals surface area contributed by atoms with E-state index in [1.807, 2.05) is 23.1 Å². The molecular formula is C29H46N4O5. The Hall–Kier alpha value is -2.04. The summed E-state index contributed by atoms with van der Waals surface area (Å²) >= 11 is 0. The second-order valence-corrected chi connectivity index (χ2v) is 11.5. The van der Waals surface area contributed by atoms with Crippen LogP contribution in [0.25, 0.3) is 0 Å². The van der Waals surface area contributed by atoms with Crippen LogP contribution in [-0.2, 0) is 20.9 Å². The molecule has 3 heterocycles. The number of piperidine rings is 1. The van der Waals surface area contributed by atoms with Gasteiger partial charge in [0.15, 0.2) is 0 Å². The molecule has 0 saturated carbocycles. The van der Waals surface area contributed by atoms with E-state index in [1.165, 1.54) is 5.56 Å². The van der Waals surface area contributed by atoms with Gasteiger partial charge in [-0.25, -0.2) is 0 Å². The normalized spacial score (nSPS) is 27.2. The molecule has 0 unspecified atom stereocenters. The second kappa shape index (κ2) is 13.8. The molecule has 4 rings (SSSR count). The third-order valence-electron chi connectivity index (χ3n) is 8.66. The maximum Gasteiger partial charge on any atom is 0.312 e. The molecule has 3 aliphatic heterocycles. The van der Waals surface area contributed by atoms with Crippen LogP contribution in [0, 0.1) is 5.41 Å². The molecule has 1 aromatic carbocycles. The van der Waals surface area contributed by atoms with E-state index in [-0.39, 0.29) is 24.9 Å². The van der Waals surface area contributed by atoms with Gasteiger partial charge in [-0.15, -0.1) is 0 Å². The Kier molecular flexibility index (Phi) is 10.6. The van der Waals surface area contributed by atoms with E-state index >= 15 is 0 Å². The summed E-state index contributed by atoms with van der Waals surface area (Å²) in [5.74, 6) is -0.187. The van der Waals surface area contributed by atoms with E-state index in [4.69, 9.17) is 4.74 Å². The largest absolute Gasteiger partial charge is 0.462 e. The molecule has 2 N–H and O–H groups in total. The number of esters is 1. The fraction of sp³-hybridized carbons (Fsp3) is 0.724. The van der Waals surface area contributed by atoms with Crippen LogP contribution in [0.4, 0.5) is 0 Å². The van der Waals surface area contributed by atoms with E-state index < -0.39 is 17.6 Å². The van der Waals surface area contributed by atoms with Crippen LogP contribution in [0.15, 0.2) is 30.3 Å². The molecule has 1 amide bonds. The summed E-state index contributed by atoms with van der Waals surface area (Å²) < 4.78 is 5.61. The number of likely N-dealkylation sites (tertiary alicyclic amines) is 1. The SMILES string of the molecule is CN1CCN(CC(=O)N2CCCCC3(CCN(Cc4ccccc4)CC3)C(=O)OC[C@@H](O)[C@@H](O)CC2)CC1. The molecule has 9 heteroatoms. The van der Waals surface area contributed by atoms with Gasteiger partial charge in [-0.2, -0.15) is 0 Å². The highest BCUT2D eigenvalue weighted by Crippen LogP contribution is 2.38. The number of rotatable bonds is 4. The van der Waals surface area contributed by atoms with Crippen molar-refractivity contribution in [1.29, 1.82) is 0 Å². The first-order valence-electron chi connectivity index (χ1n) is 14.3. The number of hydrogen-bond acceptors (Lipinski definition) is 8. The average molecular weight is 531 g/mol. The number of aliphatic hydroxyl groups is 2. The number of aliphatic hydroxyl groups excluding tert-OH is 2. The molecule has 1 spiro atoms. The van der Waals surface area contributed by atoms with E-state index in [0.717, 1.165) is 58.7 Å². The number of ether oxygens (including phenoxy) is 1. The quantitative estimate of drug-likeness (QED) is 0.561. The Morgan fingerprint density at radius 3 is 2.32 bits per heavy atom. The predicted molar refractivity (Wildman–Crippen MR) is 145 cm³/mol. The summed E-state index contributed by atoms with van der Waals surface area (Å²) in [4.78, 5) is 35.2. The number of carbonyl (C=O) groups is 2. The molecule has 3 saturated heterocycles. The van der Waals surface area contributed by atoms with Crippen LogP contribution in [-0.4, -0.2) is 126 Å². The molecule has 212 valence electrons. The number of carbonyl (C=O) groups excluding carboxylic acids is 2. The summed E-state index contributed by atoms with van der Waals surface area (Å²) in [6, 6.07) is 10.4. The maximum absolute atomic E-state index is 13.3.